The smallest absolute Gasteiger partial charge is 0.241 e. The van der Waals surface area contributed by atoms with Crippen molar-refractivity contribution in [1.82, 2.24) is 4.72 Å². The Bertz CT molecular complexity index is 580. The molecular formula is C14H22Cl2N2O2S. The average Bonchev–Trinajstić information content (AvgIpc) is 2.41. The standard InChI is InChI=1S/C14H21ClN2O2S.ClH/c1-11-5-2-3-8-14(11,10-16)17-20(18,19)13-7-4-6-12(15)9-13;/h4,6-7,9,11,17H,2-3,5,8,10,16H2,1H3;1H. The molecule has 3 N–H and O–H groups in total. The minimum atomic E-state index is -3.60. The maximum absolute atomic E-state index is 12.5. The van der Waals surface area contributed by atoms with E-state index in [9.17, 15) is 8.42 Å². The van der Waals surface area contributed by atoms with E-state index in [-0.39, 0.29) is 23.2 Å². The molecule has 7 heteroatoms. The van der Waals surface area contributed by atoms with Crippen molar-refractivity contribution >= 4 is 34.0 Å². The number of hydrogen-bond acceptors (Lipinski definition) is 3. The first kappa shape index (κ1) is 18.7. The van der Waals surface area contributed by atoms with Gasteiger partial charge < -0.3 is 5.73 Å². The van der Waals surface area contributed by atoms with Gasteiger partial charge in [-0.1, -0.05) is 37.4 Å². The molecule has 2 atom stereocenters. The maximum Gasteiger partial charge on any atom is 0.241 e. The van der Waals surface area contributed by atoms with Crippen LogP contribution in [0.25, 0.3) is 0 Å². The van der Waals surface area contributed by atoms with E-state index in [4.69, 9.17) is 17.3 Å². The second kappa shape index (κ2) is 7.29. The Morgan fingerprint density at radius 3 is 2.71 bits per heavy atom. The van der Waals surface area contributed by atoms with Crippen molar-refractivity contribution in [3.8, 4) is 0 Å². The minimum absolute atomic E-state index is 0. The van der Waals surface area contributed by atoms with Crippen molar-refractivity contribution in [2.75, 3.05) is 6.54 Å². The lowest BCUT2D eigenvalue weighted by Gasteiger charge is -2.42. The normalized spacial score (nSPS) is 26.1. The van der Waals surface area contributed by atoms with Crippen molar-refractivity contribution in [2.45, 2.75) is 43.0 Å². The Morgan fingerprint density at radius 1 is 1.43 bits per heavy atom. The van der Waals surface area contributed by atoms with Gasteiger partial charge in [0.1, 0.15) is 0 Å². The summed E-state index contributed by atoms with van der Waals surface area (Å²) in [6.45, 7) is 2.38. The summed E-state index contributed by atoms with van der Waals surface area (Å²) < 4.78 is 27.9. The van der Waals surface area contributed by atoms with Crippen LogP contribution in [0.2, 0.25) is 5.02 Å². The summed E-state index contributed by atoms with van der Waals surface area (Å²) in [5.41, 5.74) is 5.35. The third-order valence-corrected chi connectivity index (χ3v) is 6.05. The molecule has 2 unspecified atom stereocenters. The van der Waals surface area contributed by atoms with Gasteiger partial charge in [0.05, 0.1) is 4.90 Å². The number of benzene rings is 1. The van der Waals surface area contributed by atoms with Gasteiger partial charge in [-0.2, -0.15) is 0 Å². The first-order valence-electron chi connectivity index (χ1n) is 6.89. The summed E-state index contributed by atoms with van der Waals surface area (Å²) in [5.74, 6) is 0.232. The molecule has 0 aliphatic heterocycles. The van der Waals surface area contributed by atoms with Crippen LogP contribution in [0.4, 0.5) is 0 Å². The molecule has 0 heterocycles. The van der Waals surface area contributed by atoms with E-state index >= 15 is 0 Å². The van der Waals surface area contributed by atoms with Crippen molar-refractivity contribution in [2.24, 2.45) is 11.7 Å². The summed E-state index contributed by atoms with van der Waals surface area (Å²) in [4.78, 5) is 0.190. The number of halogens is 2. The molecule has 4 nitrogen and oxygen atoms in total. The van der Waals surface area contributed by atoms with Crippen LogP contribution in [-0.4, -0.2) is 20.5 Å². The van der Waals surface area contributed by atoms with Crippen molar-refractivity contribution < 1.29 is 8.42 Å². The monoisotopic (exact) mass is 352 g/mol. The van der Waals surface area contributed by atoms with Gasteiger partial charge in [0, 0.05) is 17.1 Å². The van der Waals surface area contributed by atoms with E-state index < -0.39 is 15.6 Å². The van der Waals surface area contributed by atoms with E-state index in [0.717, 1.165) is 25.7 Å². The van der Waals surface area contributed by atoms with Gasteiger partial charge >= 0.3 is 0 Å². The van der Waals surface area contributed by atoms with Crippen molar-refractivity contribution in [3.63, 3.8) is 0 Å². The summed E-state index contributed by atoms with van der Waals surface area (Å²) in [5, 5.41) is 0.409. The third-order valence-electron chi connectivity index (χ3n) is 4.26. The first-order chi connectivity index (χ1) is 9.39. The third kappa shape index (κ3) is 4.11. The first-order valence-corrected chi connectivity index (χ1v) is 8.75. The van der Waals surface area contributed by atoms with E-state index in [1.54, 1.807) is 18.2 Å². The Morgan fingerprint density at radius 2 is 2.14 bits per heavy atom. The van der Waals surface area contributed by atoms with Gasteiger partial charge in [-0.3, -0.25) is 0 Å². The van der Waals surface area contributed by atoms with Gasteiger partial charge in [0.15, 0.2) is 0 Å². The van der Waals surface area contributed by atoms with Gasteiger partial charge in [-0.25, -0.2) is 13.1 Å². The molecule has 1 saturated carbocycles. The Labute approximate surface area is 137 Å². The van der Waals surface area contributed by atoms with Crippen LogP contribution < -0.4 is 10.5 Å². The summed E-state index contributed by atoms with van der Waals surface area (Å²) in [7, 11) is -3.60. The zero-order valence-corrected chi connectivity index (χ0v) is 14.4. The van der Waals surface area contributed by atoms with Crippen LogP contribution >= 0.6 is 24.0 Å². The lowest BCUT2D eigenvalue weighted by Crippen LogP contribution is -2.58. The number of rotatable bonds is 4. The van der Waals surface area contributed by atoms with Crippen molar-refractivity contribution in [3.05, 3.63) is 29.3 Å². The topological polar surface area (TPSA) is 72.2 Å². The number of hydrogen-bond donors (Lipinski definition) is 2. The Balaban J connectivity index is 0.00000220. The number of nitrogens with two attached hydrogens (primary N) is 1. The fourth-order valence-electron chi connectivity index (χ4n) is 2.87. The van der Waals surface area contributed by atoms with E-state index in [2.05, 4.69) is 11.6 Å². The maximum atomic E-state index is 12.5. The highest BCUT2D eigenvalue weighted by Gasteiger charge is 2.40. The molecule has 2 rings (SSSR count). The number of sulfonamides is 1. The van der Waals surface area contributed by atoms with Crippen molar-refractivity contribution in [1.29, 1.82) is 0 Å². The SMILES string of the molecule is CC1CCCCC1(CN)NS(=O)(=O)c1cccc(Cl)c1.Cl. The molecule has 0 spiro atoms. The van der Waals surface area contributed by atoms with Crippen LogP contribution in [0.1, 0.15) is 32.6 Å². The predicted molar refractivity (Wildman–Crippen MR) is 88.4 cm³/mol. The van der Waals surface area contributed by atoms with Gasteiger partial charge in [-0.05, 0) is 37.0 Å². The summed E-state index contributed by atoms with van der Waals surface area (Å²) in [6, 6.07) is 6.30. The molecule has 0 saturated heterocycles. The molecule has 1 aromatic rings. The fourth-order valence-corrected chi connectivity index (χ4v) is 4.71. The zero-order valence-electron chi connectivity index (χ0n) is 12.0. The summed E-state index contributed by atoms with van der Waals surface area (Å²) in [6.07, 6.45) is 3.90. The van der Waals surface area contributed by atoms with Gasteiger partial charge in [0.25, 0.3) is 0 Å². The minimum Gasteiger partial charge on any atom is -0.329 e. The van der Waals surface area contributed by atoms with E-state index in [0.29, 0.717) is 11.6 Å². The molecule has 1 aliphatic carbocycles. The lowest BCUT2D eigenvalue weighted by molar-refractivity contribution is 0.191. The molecule has 21 heavy (non-hydrogen) atoms. The zero-order chi connectivity index (χ0) is 14.8. The average molecular weight is 353 g/mol. The second-order valence-electron chi connectivity index (χ2n) is 5.57. The second-order valence-corrected chi connectivity index (χ2v) is 7.69. The molecule has 120 valence electrons. The van der Waals surface area contributed by atoms with E-state index in [1.807, 2.05) is 0 Å². The highest BCUT2D eigenvalue weighted by Crippen LogP contribution is 2.34. The molecular weight excluding hydrogens is 331 g/mol. The molecule has 1 aliphatic rings. The highest BCUT2D eigenvalue weighted by atomic mass is 35.5. The fraction of sp³-hybridized carbons (Fsp3) is 0.571. The quantitative estimate of drug-likeness (QED) is 0.874. The van der Waals surface area contributed by atoms with Crippen LogP contribution in [0.15, 0.2) is 29.2 Å². The lowest BCUT2D eigenvalue weighted by atomic mass is 9.74. The molecule has 0 amide bonds. The van der Waals surface area contributed by atoms with Gasteiger partial charge in [0.2, 0.25) is 10.0 Å². The molecule has 0 bridgehead atoms. The molecule has 1 fully saturated rings. The van der Waals surface area contributed by atoms with Crippen LogP contribution in [0.3, 0.4) is 0 Å². The van der Waals surface area contributed by atoms with Crippen LogP contribution in [0, 0.1) is 5.92 Å². The Kier molecular flexibility index (Phi) is 6.50. The van der Waals surface area contributed by atoms with E-state index in [1.165, 1.54) is 6.07 Å². The molecule has 0 aromatic heterocycles. The molecule has 0 radical (unpaired) electrons. The largest absolute Gasteiger partial charge is 0.329 e. The van der Waals surface area contributed by atoms with Crippen LogP contribution in [-0.2, 0) is 10.0 Å². The highest BCUT2D eigenvalue weighted by molar-refractivity contribution is 7.89. The molecule has 1 aromatic carbocycles. The van der Waals surface area contributed by atoms with Crippen LogP contribution in [0.5, 0.6) is 0 Å². The van der Waals surface area contributed by atoms with Gasteiger partial charge in [-0.15, -0.1) is 12.4 Å². The predicted octanol–water partition coefficient (Wildman–Crippen LogP) is 2.95. The Hall–Kier alpha value is -0.330. The number of nitrogens with one attached hydrogen (secondary N) is 1. The summed E-state index contributed by atoms with van der Waals surface area (Å²) >= 11 is 5.87.